The van der Waals surface area contributed by atoms with Gasteiger partial charge in [-0.1, -0.05) is 0 Å². The number of non-ortho nitro benzene ring substituents is 1. The van der Waals surface area contributed by atoms with Crippen molar-refractivity contribution in [3.8, 4) is 11.3 Å². The van der Waals surface area contributed by atoms with Gasteiger partial charge in [0.25, 0.3) is 11.7 Å². The van der Waals surface area contributed by atoms with Crippen molar-refractivity contribution in [3.05, 3.63) is 40.3 Å². The Balaban J connectivity index is 2.47. The summed E-state index contributed by atoms with van der Waals surface area (Å²) in [4.78, 5) is 13.3. The van der Waals surface area contributed by atoms with Gasteiger partial charge in [0.1, 0.15) is 5.82 Å². The lowest BCUT2D eigenvalue weighted by molar-refractivity contribution is -0.385. The third-order valence-electron chi connectivity index (χ3n) is 1.95. The maximum Gasteiger partial charge on any atom is 0.292 e. The summed E-state index contributed by atoms with van der Waals surface area (Å²) in [6.45, 7) is 0. The molecule has 82 valence electrons. The number of benzene rings is 1. The molecule has 0 aliphatic rings. The van der Waals surface area contributed by atoms with E-state index in [0.29, 0.717) is 0 Å². The van der Waals surface area contributed by atoms with Gasteiger partial charge in [-0.3, -0.25) is 10.1 Å². The molecule has 0 aliphatic heterocycles. The van der Waals surface area contributed by atoms with Crippen molar-refractivity contribution >= 4 is 11.7 Å². The van der Waals surface area contributed by atoms with E-state index < -0.39 is 10.7 Å². The minimum absolute atomic E-state index is 0.0785. The molecule has 1 heterocycles. The van der Waals surface area contributed by atoms with Gasteiger partial charge in [-0.05, 0) is 6.07 Å². The second-order valence-corrected chi connectivity index (χ2v) is 2.98. The second kappa shape index (κ2) is 3.61. The van der Waals surface area contributed by atoms with Crippen molar-refractivity contribution in [1.29, 1.82) is 0 Å². The van der Waals surface area contributed by atoms with Crippen LogP contribution in [0.4, 0.5) is 16.1 Å². The molecule has 0 radical (unpaired) electrons. The molecule has 6 nitrogen and oxygen atoms in total. The van der Waals surface area contributed by atoms with Crippen LogP contribution in [0.5, 0.6) is 0 Å². The molecule has 0 aliphatic carbocycles. The highest BCUT2D eigenvalue weighted by atomic mass is 19.1. The Morgan fingerprint density at radius 2 is 2.25 bits per heavy atom. The highest BCUT2D eigenvalue weighted by Crippen LogP contribution is 2.27. The highest BCUT2D eigenvalue weighted by Gasteiger charge is 2.14. The molecule has 16 heavy (non-hydrogen) atoms. The minimum Gasteiger partial charge on any atom is -0.424 e. The predicted octanol–water partition coefficient (Wildman–Crippen LogP) is 1.97. The fourth-order valence-corrected chi connectivity index (χ4v) is 1.23. The number of hydrogen-bond donors (Lipinski definition) is 1. The first kappa shape index (κ1) is 10.1. The number of anilines is 1. The average molecular weight is 223 g/mol. The summed E-state index contributed by atoms with van der Waals surface area (Å²) in [5.74, 6) is -0.629. The van der Waals surface area contributed by atoms with E-state index in [4.69, 9.17) is 10.2 Å². The van der Waals surface area contributed by atoms with Gasteiger partial charge in [-0.15, -0.1) is 0 Å². The van der Waals surface area contributed by atoms with E-state index in [1.165, 1.54) is 18.3 Å². The number of oxazole rings is 1. The SMILES string of the molecule is Nc1ncc(-c2ccc([N+](=O)[O-])cc2F)o1. The third-order valence-corrected chi connectivity index (χ3v) is 1.95. The summed E-state index contributed by atoms with van der Waals surface area (Å²) in [5.41, 5.74) is 4.99. The number of nitro groups is 1. The molecule has 2 aromatic rings. The average Bonchev–Trinajstić information content (AvgIpc) is 2.64. The molecule has 2 rings (SSSR count). The van der Waals surface area contributed by atoms with Gasteiger partial charge < -0.3 is 10.2 Å². The lowest BCUT2D eigenvalue weighted by atomic mass is 10.1. The van der Waals surface area contributed by atoms with Crippen LogP contribution in [0.1, 0.15) is 0 Å². The molecule has 0 fully saturated rings. The third kappa shape index (κ3) is 1.70. The first-order valence-electron chi connectivity index (χ1n) is 4.23. The summed E-state index contributed by atoms with van der Waals surface area (Å²) in [6.07, 6.45) is 1.25. The fourth-order valence-electron chi connectivity index (χ4n) is 1.23. The van der Waals surface area contributed by atoms with Crippen LogP contribution < -0.4 is 5.73 Å². The number of nitrogens with zero attached hydrogens (tertiary/aromatic N) is 2. The number of aromatic nitrogens is 1. The van der Waals surface area contributed by atoms with Crippen LogP contribution in [-0.4, -0.2) is 9.91 Å². The van der Waals surface area contributed by atoms with E-state index >= 15 is 0 Å². The van der Waals surface area contributed by atoms with Gasteiger partial charge in [0.2, 0.25) is 0 Å². The van der Waals surface area contributed by atoms with Crippen LogP contribution in [0.25, 0.3) is 11.3 Å². The van der Waals surface area contributed by atoms with Gasteiger partial charge in [-0.25, -0.2) is 9.37 Å². The molecule has 0 saturated heterocycles. The number of nitro benzene ring substituents is 1. The first-order valence-corrected chi connectivity index (χ1v) is 4.23. The number of nitrogen functional groups attached to an aromatic ring is 1. The molecule has 2 N–H and O–H groups in total. The van der Waals surface area contributed by atoms with Crippen LogP contribution in [-0.2, 0) is 0 Å². The monoisotopic (exact) mass is 223 g/mol. The normalized spacial score (nSPS) is 10.3. The molecular weight excluding hydrogens is 217 g/mol. The van der Waals surface area contributed by atoms with Crippen LogP contribution in [0, 0.1) is 15.9 Å². The van der Waals surface area contributed by atoms with E-state index in [0.717, 1.165) is 6.07 Å². The topological polar surface area (TPSA) is 95.2 Å². The maximum absolute atomic E-state index is 13.5. The first-order chi connectivity index (χ1) is 7.58. The van der Waals surface area contributed by atoms with Crippen LogP contribution >= 0.6 is 0 Å². The second-order valence-electron chi connectivity index (χ2n) is 2.98. The number of halogens is 1. The van der Waals surface area contributed by atoms with Gasteiger partial charge in [0.05, 0.1) is 22.7 Å². The molecule has 0 saturated carbocycles. The lowest BCUT2D eigenvalue weighted by Gasteiger charge is -1.98. The molecule has 0 amide bonds. The maximum atomic E-state index is 13.5. The molecule has 1 aromatic carbocycles. The van der Waals surface area contributed by atoms with E-state index in [1.807, 2.05) is 0 Å². The molecule has 7 heteroatoms. The highest BCUT2D eigenvalue weighted by molar-refractivity contribution is 5.60. The smallest absolute Gasteiger partial charge is 0.292 e. The molecule has 1 aromatic heterocycles. The summed E-state index contributed by atoms with van der Waals surface area (Å²) in [5, 5.41) is 10.4. The largest absolute Gasteiger partial charge is 0.424 e. The number of hydrogen-bond acceptors (Lipinski definition) is 5. The molecule has 0 unspecified atom stereocenters. The van der Waals surface area contributed by atoms with Crippen LogP contribution in [0.3, 0.4) is 0 Å². The van der Waals surface area contributed by atoms with Crippen molar-refractivity contribution < 1.29 is 13.7 Å². The van der Waals surface area contributed by atoms with E-state index in [1.54, 1.807) is 0 Å². The van der Waals surface area contributed by atoms with Gasteiger partial charge in [0.15, 0.2) is 5.76 Å². The van der Waals surface area contributed by atoms with Crippen molar-refractivity contribution in [2.45, 2.75) is 0 Å². The Hall–Kier alpha value is -2.44. The Morgan fingerprint density at radius 1 is 1.50 bits per heavy atom. The van der Waals surface area contributed by atoms with E-state index in [9.17, 15) is 14.5 Å². The Kier molecular flexibility index (Phi) is 2.28. The lowest BCUT2D eigenvalue weighted by Crippen LogP contribution is -1.90. The Bertz CT molecular complexity index is 553. The Morgan fingerprint density at radius 3 is 2.75 bits per heavy atom. The molecule has 0 bridgehead atoms. The zero-order valence-electron chi connectivity index (χ0n) is 7.88. The zero-order valence-corrected chi connectivity index (χ0v) is 7.88. The van der Waals surface area contributed by atoms with Crippen molar-refractivity contribution in [2.24, 2.45) is 0 Å². The van der Waals surface area contributed by atoms with Gasteiger partial charge >= 0.3 is 0 Å². The fraction of sp³-hybridized carbons (Fsp3) is 0. The molecule has 0 atom stereocenters. The van der Waals surface area contributed by atoms with E-state index in [2.05, 4.69) is 4.98 Å². The van der Waals surface area contributed by atoms with Crippen LogP contribution in [0.2, 0.25) is 0 Å². The van der Waals surface area contributed by atoms with Crippen LogP contribution in [0.15, 0.2) is 28.8 Å². The number of nitrogens with two attached hydrogens (primary N) is 1. The van der Waals surface area contributed by atoms with Crippen molar-refractivity contribution in [1.82, 2.24) is 4.98 Å². The quantitative estimate of drug-likeness (QED) is 0.620. The van der Waals surface area contributed by atoms with Gasteiger partial charge in [0, 0.05) is 6.07 Å². The molecular formula is C9H6FN3O3. The Labute approximate surface area is 88.7 Å². The summed E-state index contributed by atoms with van der Waals surface area (Å²) in [7, 11) is 0. The standard InChI is InChI=1S/C9H6FN3O3/c10-7-3-5(13(14)15)1-2-6(7)8-4-12-9(11)16-8/h1-4H,(H2,11,12). The van der Waals surface area contributed by atoms with Gasteiger partial charge in [-0.2, -0.15) is 0 Å². The zero-order chi connectivity index (χ0) is 11.7. The van der Waals surface area contributed by atoms with Crippen molar-refractivity contribution in [2.75, 3.05) is 5.73 Å². The van der Waals surface area contributed by atoms with Crippen molar-refractivity contribution in [3.63, 3.8) is 0 Å². The predicted molar refractivity (Wildman–Crippen MR) is 53.0 cm³/mol. The number of rotatable bonds is 2. The minimum atomic E-state index is -0.759. The molecule has 0 spiro atoms. The summed E-state index contributed by atoms with van der Waals surface area (Å²) >= 11 is 0. The summed E-state index contributed by atoms with van der Waals surface area (Å²) < 4.78 is 18.4. The summed E-state index contributed by atoms with van der Waals surface area (Å²) in [6, 6.07) is 3.14. The van der Waals surface area contributed by atoms with E-state index in [-0.39, 0.29) is 23.0 Å².